The van der Waals surface area contributed by atoms with Crippen LogP contribution < -0.4 is 5.32 Å². The van der Waals surface area contributed by atoms with Gasteiger partial charge in [0.05, 0.1) is 6.42 Å². The molecule has 104 valence electrons. The van der Waals surface area contributed by atoms with Gasteiger partial charge in [-0.3, -0.25) is 9.59 Å². The highest BCUT2D eigenvalue weighted by Crippen LogP contribution is 2.22. The average molecular weight is 266 g/mol. The maximum Gasteiger partial charge on any atom is 0.390 e. The Balaban J connectivity index is 2.78. The van der Waals surface area contributed by atoms with Crippen LogP contribution in [-0.4, -0.2) is 41.5 Å². The Hall–Kier alpha value is -1.27. The third-order valence-corrected chi connectivity index (χ3v) is 2.97. The summed E-state index contributed by atoms with van der Waals surface area (Å²) >= 11 is 0. The molecule has 0 aromatic heterocycles. The monoisotopic (exact) mass is 266 g/mol. The fourth-order valence-corrected chi connectivity index (χ4v) is 1.97. The minimum atomic E-state index is -4.30. The highest BCUT2D eigenvalue weighted by atomic mass is 19.4. The maximum absolute atomic E-state index is 12.2. The summed E-state index contributed by atoms with van der Waals surface area (Å²) in [5.41, 5.74) is 0. The highest BCUT2D eigenvalue weighted by Gasteiger charge is 2.35. The number of nitrogens with zero attached hydrogens (tertiary/aromatic N) is 1. The number of carbonyl (C=O) groups is 2. The number of hydrogen-bond acceptors (Lipinski definition) is 2. The van der Waals surface area contributed by atoms with Gasteiger partial charge in [-0.05, 0) is 13.3 Å². The van der Waals surface area contributed by atoms with Crippen molar-refractivity contribution < 1.29 is 22.8 Å². The van der Waals surface area contributed by atoms with Gasteiger partial charge in [0.2, 0.25) is 11.8 Å². The fraction of sp³-hybridized carbons (Fsp3) is 0.818. The van der Waals surface area contributed by atoms with Gasteiger partial charge in [-0.15, -0.1) is 0 Å². The van der Waals surface area contributed by atoms with Crippen molar-refractivity contribution in [1.29, 1.82) is 0 Å². The lowest BCUT2D eigenvalue weighted by Crippen LogP contribution is -2.47. The maximum atomic E-state index is 12.2. The van der Waals surface area contributed by atoms with E-state index in [1.807, 2.05) is 0 Å². The van der Waals surface area contributed by atoms with Gasteiger partial charge in [-0.2, -0.15) is 13.2 Å². The molecule has 0 aromatic rings. The quantitative estimate of drug-likeness (QED) is 0.840. The molecule has 4 nitrogen and oxygen atoms in total. The molecule has 0 aromatic carbocycles. The first-order valence-electron chi connectivity index (χ1n) is 5.91. The number of amides is 2. The predicted octanol–water partition coefficient (Wildman–Crippen LogP) is 1.45. The van der Waals surface area contributed by atoms with Gasteiger partial charge < -0.3 is 10.2 Å². The van der Waals surface area contributed by atoms with Gasteiger partial charge in [0.15, 0.2) is 0 Å². The second-order valence-corrected chi connectivity index (χ2v) is 4.48. The van der Waals surface area contributed by atoms with Crippen molar-refractivity contribution in [3.05, 3.63) is 0 Å². The van der Waals surface area contributed by atoms with Gasteiger partial charge in [-0.1, -0.05) is 6.92 Å². The molecule has 0 saturated carbocycles. The Morgan fingerprint density at radius 1 is 1.39 bits per heavy atom. The van der Waals surface area contributed by atoms with E-state index >= 15 is 0 Å². The molecule has 1 heterocycles. The Labute approximate surface area is 104 Å². The number of rotatable bonds is 3. The first-order chi connectivity index (χ1) is 8.24. The van der Waals surface area contributed by atoms with E-state index in [1.54, 1.807) is 13.8 Å². The van der Waals surface area contributed by atoms with E-state index in [4.69, 9.17) is 0 Å². The minimum absolute atomic E-state index is 0.0418. The Morgan fingerprint density at radius 2 is 2.00 bits per heavy atom. The molecule has 2 atom stereocenters. The van der Waals surface area contributed by atoms with Crippen molar-refractivity contribution in [3.8, 4) is 0 Å². The molecule has 18 heavy (non-hydrogen) atoms. The van der Waals surface area contributed by atoms with Crippen molar-refractivity contribution in [2.24, 2.45) is 0 Å². The summed E-state index contributed by atoms with van der Waals surface area (Å²) in [5, 5.41) is 2.52. The second kappa shape index (κ2) is 5.58. The van der Waals surface area contributed by atoms with E-state index in [2.05, 4.69) is 5.32 Å². The number of alkyl halides is 3. The van der Waals surface area contributed by atoms with Crippen LogP contribution in [0.4, 0.5) is 13.2 Å². The Morgan fingerprint density at radius 3 is 2.50 bits per heavy atom. The first kappa shape index (κ1) is 14.8. The van der Waals surface area contributed by atoms with Gasteiger partial charge in [0, 0.05) is 19.0 Å². The topological polar surface area (TPSA) is 49.4 Å². The summed E-state index contributed by atoms with van der Waals surface area (Å²) in [7, 11) is 0. The first-order valence-corrected chi connectivity index (χ1v) is 5.91. The normalized spacial score (nSPS) is 25.9. The molecule has 0 aliphatic carbocycles. The molecule has 1 fully saturated rings. The van der Waals surface area contributed by atoms with Crippen LogP contribution in [0.1, 0.15) is 33.1 Å². The molecular weight excluding hydrogens is 249 g/mol. The lowest BCUT2D eigenvalue weighted by atomic mass is 10.1. The van der Waals surface area contributed by atoms with Crippen LogP contribution in [-0.2, 0) is 9.59 Å². The van der Waals surface area contributed by atoms with E-state index in [0.29, 0.717) is 6.42 Å². The minimum Gasteiger partial charge on any atom is -0.344 e. The third kappa shape index (κ3) is 3.89. The fourth-order valence-electron chi connectivity index (χ4n) is 1.97. The van der Waals surface area contributed by atoms with Crippen molar-refractivity contribution in [2.45, 2.75) is 51.4 Å². The zero-order valence-electron chi connectivity index (χ0n) is 10.4. The number of nitrogens with one attached hydrogen (secondary N) is 1. The van der Waals surface area contributed by atoms with Crippen LogP contribution >= 0.6 is 0 Å². The van der Waals surface area contributed by atoms with E-state index in [1.165, 1.54) is 0 Å². The molecule has 1 saturated heterocycles. The molecule has 1 rings (SSSR count). The standard InChI is InChI=1S/C11H17F3N2O2/c1-3-8-10(18)16(5-4-11(12,13)14)7(2)6-9(17)15-8/h7-8H,3-6H2,1-2H3,(H,15,17). The Bertz CT molecular complexity index is 331. The van der Waals surface area contributed by atoms with Crippen LogP contribution in [0.5, 0.6) is 0 Å². The molecular formula is C11H17F3N2O2. The Kier molecular flexibility index (Phi) is 4.59. The van der Waals surface area contributed by atoms with Crippen LogP contribution in [0.15, 0.2) is 0 Å². The van der Waals surface area contributed by atoms with E-state index in [9.17, 15) is 22.8 Å². The molecule has 1 aliphatic rings. The molecule has 1 aliphatic heterocycles. The molecule has 0 radical (unpaired) electrons. The van der Waals surface area contributed by atoms with Crippen molar-refractivity contribution in [3.63, 3.8) is 0 Å². The van der Waals surface area contributed by atoms with Crippen LogP contribution in [0.2, 0.25) is 0 Å². The summed E-state index contributed by atoms with van der Waals surface area (Å²) < 4.78 is 36.6. The lowest BCUT2D eigenvalue weighted by Gasteiger charge is -2.28. The van der Waals surface area contributed by atoms with Crippen LogP contribution in [0.25, 0.3) is 0 Å². The van der Waals surface area contributed by atoms with Gasteiger partial charge in [0.25, 0.3) is 0 Å². The van der Waals surface area contributed by atoms with Gasteiger partial charge in [0.1, 0.15) is 6.04 Å². The number of halogens is 3. The van der Waals surface area contributed by atoms with Crippen molar-refractivity contribution in [2.75, 3.05) is 6.54 Å². The lowest BCUT2D eigenvalue weighted by molar-refractivity contribution is -0.147. The summed E-state index contributed by atoms with van der Waals surface area (Å²) in [6.45, 7) is 2.90. The highest BCUT2D eigenvalue weighted by molar-refractivity contribution is 5.90. The van der Waals surface area contributed by atoms with E-state index < -0.39 is 37.1 Å². The van der Waals surface area contributed by atoms with Gasteiger partial charge in [-0.25, -0.2) is 0 Å². The zero-order chi connectivity index (χ0) is 13.9. The predicted molar refractivity (Wildman–Crippen MR) is 58.7 cm³/mol. The zero-order valence-corrected chi connectivity index (χ0v) is 10.4. The summed E-state index contributed by atoms with van der Waals surface area (Å²) in [6.07, 6.45) is -4.93. The summed E-state index contributed by atoms with van der Waals surface area (Å²) in [6, 6.07) is -1.22. The average Bonchev–Trinajstić information content (AvgIpc) is 2.32. The van der Waals surface area contributed by atoms with Crippen molar-refractivity contribution in [1.82, 2.24) is 10.2 Å². The van der Waals surface area contributed by atoms with Crippen LogP contribution in [0, 0.1) is 0 Å². The largest absolute Gasteiger partial charge is 0.390 e. The summed E-state index contributed by atoms with van der Waals surface area (Å²) in [4.78, 5) is 24.6. The molecule has 0 spiro atoms. The van der Waals surface area contributed by atoms with Crippen LogP contribution in [0.3, 0.4) is 0 Å². The third-order valence-electron chi connectivity index (χ3n) is 2.97. The van der Waals surface area contributed by atoms with E-state index in [0.717, 1.165) is 4.90 Å². The van der Waals surface area contributed by atoms with E-state index in [-0.39, 0.29) is 12.3 Å². The number of hydrogen-bond donors (Lipinski definition) is 1. The molecule has 0 bridgehead atoms. The molecule has 2 unspecified atom stereocenters. The molecule has 2 amide bonds. The molecule has 7 heteroatoms. The second-order valence-electron chi connectivity index (χ2n) is 4.48. The van der Waals surface area contributed by atoms with Crippen molar-refractivity contribution >= 4 is 11.8 Å². The SMILES string of the molecule is CCC1NC(=O)CC(C)N(CCC(F)(F)F)C1=O. The smallest absolute Gasteiger partial charge is 0.344 e. The van der Waals surface area contributed by atoms with Gasteiger partial charge >= 0.3 is 6.18 Å². The number of carbonyl (C=O) groups excluding carboxylic acids is 2. The summed E-state index contributed by atoms with van der Waals surface area (Å²) in [5.74, 6) is -0.725. The molecule has 1 N–H and O–H groups in total.